The summed E-state index contributed by atoms with van der Waals surface area (Å²) in [6.07, 6.45) is 2.79. The number of hydrogen-bond acceptors (Lipinski definition) is 2. The molecule has 0 aliphatic carbocycles. The molecule has 0 saturated heterocycles. The Hall–Kier alpha value is -0.882. The minimum Gasteiger partial charge on any atom is -0.571 e. The van der Waals surface area contributed by atoms with Crippen LogP contribution in [0.1, 0.15) is 11.5 Å². The first-order valence-corrected chi connectivity index (χ1v) is 4.09. The van der Waals surface area contributed by atoms with Crippen LogP contribution in [0.15, 0.2) is 22.6 Å². The SMILES string of the molecule is Cc1c[c-]c(-c2[c-]nc(C)o2)cc1.[W+2]. The van der Waals surface area contributed by atoms with Crippen LogP contribution in [-0.4, -0.2) is 4.98 Å². The molecule has 0 amide bonds. The van der Waals surface area contributed by atoms with Gasteiger partial charge in [0.1, 0.15) is 0 Å². The van der Waals surface area contributed by atoms with Crippen molar-refractivity contribution in [3.8, 4) is 11.3 Å². The van der Waals surface area contributed by atoms with Crippen molar-refractivity contribution in [2.24, 2.45) is 0 Å². The number of rotatable bonds is 1. The van der Waals surface area contributed by atoms with E-state index in [0.29, 0.717) is 11.7 Å². The molecule has 0 bridgehead atoms. The first-order chi connectivity index (χ1) is 6.25. The Morgan fingerprint density at radius 1 is 1.29 bits per heavy atom. The van der Waals surface area contributed by atoms with Gasteiger partial charge in [-0.15, -0.1) is 5.56 Å². The molecule has 0 aliphatic rings. The predicted molar refractivity (Wildman–Crippen MR) is 49.1 cm³/mol. The summed E-state index contributed by atoms with van der Waals surface area (Å²) in [5.74, 6) is 1.28. The normalized spacial score (nSPS) is 9.57. The molecule has 14 heavy (non-hydrogen) atoms. The van der Waals surface area contributed by atoms with Crippen molar-refractivity contribution >= 4 is 0 Å². The fourth-order valence-corrected chi connectivity index (χ4v) is 1.08. The van der Waals surface area contributed by atoms with Crippen molar-refractivity contribution in [2.45, 2.75) is 13.8 Å². The van der Waals surface area contributed by atoms with Gasteiger partial charge in [0.2, 0.25) is 0 Å². The third-order valence-corrected chi connectivity index (χ3v) is 1.78. The molecular formula is C11H9NOW. The van der Waals surface area contributed by atoms with Gasteiger partial charge < -0.3 is 9.40 Å². The molecule has 3 heteroatoms. The van der Waals surface area contributed by atoms with E-state index in [4.69, 9.17) is 4.42 Å². The molecule has 0 radical (unpaired) electrons. The van der Waals surface area contributed by atoms with Crippen LogP contribution >= 0.6 is 0 Å². The van der Waals surface area contributed by atoms with Gasteiger partial charge in [0.25, 0.3) is 0 Å². The van der Waals surface area contributed by atoms with Crippen LogP contribution in [0.25, 0.3) is 11.3 Å². The largest absolute Gasteiger partial charge is 2.00 e. The second-order valence-corrected chi connectivity index (χ2v) is 2.95. The molecule has 2 nitrogen and oxygen atoms in total. The third-order valence-electron chi connectivity index (χ3n) is 1.78. The van der Waals surface area contributed by atoms with Gasteiger partial charge in [-0.1, -0.05) is 18.9 Å². The van der Waals surface area contributed by atoms with Gasteiger partial charge in [0.15, 0.2) is 0 Å². The van der Waals surface area contributed by atoms with E-state index in [1.807, 2.05) is 25.1 Å². The average molecular weight is 355 g/mol. The van der Waals surface area contributed by atoms with E-state index < -0.39 is 0 Å². The summed E-state index contributed by atoms with van der Waals surface area (Å²) in [5, 5.41) is 0. The smallest absolute Gasteiger partial charge is 0.571 e. The third kappa shape index (κ3) is 2.33. The zero-order chi connectivity index (χ0) is 9.26. The summed E-state index contributed by atoms with van der Waals surface area (Å²) in [6.45, 7) is 3.82. The van der Waals surface area contributed by atoms with Gasteiger partial charge in [-0.3, -0.25) is 0 Å². The topological polar surface area (TPSA) is 26.0 Å². The molecule has 0 unspecified atom stereocenters. The molecule has 0 aliphatic heterocycles. The Balaban J connectivity index is 0.000000980. The molecule has 2 rings (SSSR count). The zero-order valence-corrected chi connectivity index (χ0v) is 10.9. The molecule has 70 valence electrons. The first kappa shape index (κ1) is 11.2. The van der Waals surface area contributed by atoms with Gasteiger partial charge in [0.05, 0.1) is 5.89 Å². The van der Waals surface area contributed by atoms with E-state index in [1.54, 1.807) is 6.92 Å². The summed E-state index contributed by atoms with van der Waals surface area (Å²) < 4.78 is 5.31. The Morgan fingerprint density at radius 3 is 2.57 bits per heavy atom. The van der Waals surface area contributed by atoms with E-state index in [9.17, 15) is 0 Å². The summed E-state index contributed by atoms with van der Waals surface area (Å²) in [6, 6.07) is 8.98. The van der Waals surface area contributed by atoms with E-state index in [2.05, 4.69) is 17.2 Å². The zero-order valence-electron chi connectivity index (χ0n) is 8.00. The first-order valence-electron chi connectivity index (χ1n) is 4.09. The maximum absolute atomic E-state index is 5.31. The minimum absolute atomic E-state index is 0. The van der Waals surface area contributed by atoms with Crippen LogP contribution in [0.4, 0.5) is 0 Å². The molecule has 0 spiro atoms. The van der Waals surface area contributed by atoms with Crippen LogP contribution in [0.2, 0.25) is 0 Å². The van der Waals surface area contributed by atoms with Gasteiger partial charge in [-0.05, 0) is 6.92 Å². The molecule has 0 fully saturated rings. The van der Waals surface area contributed by atoms with Crippen LogP contribution in [0.3, 0.4) is 0 Å². The van der Waals surface area contributed by atoms with E-state index >= 15 is 0 Å². The number of aromatic nitrogens is 1. The predicted octanol–water partition coefficient (Wildman–Crippen LogP) is 2.56. The second kappa shape index (κ2) is 4.56. The fraction of sp³-hybridized carbons (Fsp3) is 0.182. The van der Waals surface area contributed by atoms with E-state index in [1.165, 1.54) is 5.56 Å². The van der Waals surface area contributed by atoms with Crippen molar-refractivity contribution < 1.29 is 25.5 Å². The molecule has 0 saturated carbocycles. The molecule has 1 aromatic heterocycles. The number of oxazole rings is 1. The van der Waals surface area contributed by atoms with E-state index in [-0.39, 0.29) is 21.1 Å². The van der Waals surface area contributed by atoms with Crippen molar-refractivity contribution in [3.05, 3.63) is 41.9 Å². The maximum atomic E-state index is 5.31. The van der Waals surface area contributed by atoms with Crippen LogP contribution in [-0.2, 0) is 21.1 Å². The van der Waals surface area contributed by atoms with Crippen molar-refractivity contribution in [1.82, 2.24) is 4.98 Å². The molecule has 0 N–H and O–H groups in total. The Labute approximate surface area is 97.6 Å². The molecule has 0 atom stereocenters. The maximum Gasteiger partial charge on any atom is 2.00 e. The van der Waals surface area contributed by atoms with Gasteiger partial charge in [0, 0.05) is 0 Å². The summed E-state index contributed by atoms with van der Waals surface area (Å²) in [4.78, 5) is 3.90. The molecule has 1 heterocycles. The molecule has 2 aromatic rings. The Bertz CT molecular complexity index is 405. The van der Waals surface area contributed by atoms with Crippen LogP contribution < -0.4 is 0 Å². The number of aryl methyl sites for hydroxylation is 2. The molecule has 1 aromatic carbocycles. The summed E-state index contributed by atoms with van der Waals surface area (Å²) in [5.41, 5.74) is 2.08. The van der Waals surface area contributed by atoms with Crippen molar-refractivity contribution in [3.63, 3.8) is 0 Å². The summed E-state index contributed by atoms with van der Waals surface area (Å²) >= 11 is 0. The minimum atomic E-state index is 0. The standard InChI is InChI=1S/C11H9NO.W/c1-8-3-5-10(6-4-8)11-7-12-9(2)13-11;/h3-5H,1-2H3;/q-2;+2. The number of hydrogen-bond donors (Lipinski definition) is 0. The monoisotopic (exact) mass is 355 g/mol. The fourth-order valence-electron chi connectivity index (χ4n) is 1.08. The van der Waals surface area contributed by atoms with Crippen molar-refractivity contribution in [1.29, 1.82) is 0 Å². The Kier molecular flexibility index (Phi) is 3.65. The molecular weight excluding hydrogens is 346 g/mol. The van der Waals surface area contributed by atoms with Crippen LogP contribution in [0.5, 0.6) is 0 Å². The van der Waals surface area contributed by atoms with Gasteiger partial charge >= 0.3 is 21.1 Å². The second-order valence-electron chi connectivity index (χ2n) is 2.95. The quantitative estimate of drug-likeness (QED) is 0.735. The Morgan fingerprint density at radius 2 is 2.07 bits per heavy atom. The van der Waals surface area contributed by atoms with Gasteiger partial charge in [-0.2, -0.15) is 18.2 Å². The van der Waals surface area contributed by atoms with Crippen LogP contribution in [0, 0.1) is 26.1 Å². The number of benzene rings is 1. The van der Waals surface area contributed by atoms with E-state index in [0.717, 1.165) is 5.56 Å². The number of nitrogens with zero attached hydrogens (tertiary/aromatic N) is 1. The van der Waals surface area contributed by atoms with Crippen molar-refractivity contribution in [2.75, 3.05) is 0 Å². The average Bonchev–Trinajstić information content (AvgIpc) is 2.53. The van der Waals surface area contributed by atoms with Gasteiger partial charge in [-0.25, -0.2) is 11.6 Å². The summed E-state index contributed by atoms with van der Waals surface area (Å²) in [7, 11) is 0.